The first-order valence-corrected chi connectivity index (χ1v) is 8.32. The van der Waals surface area contributed by atoms with Crippen LogP contribution in [0.4, 0.5) is 0 Å². The van der Waals surface area contributed by atoms with E-state index in [1.165, 1.54) is 31.2 Å². The first-order chi connectivity index (χ1) is 10.1. The van der Waals surface area contributed by atoms with Gasteiger partial charge in [0.2, 0.25) is 0 Å². The summed E-state index contributed by atoms with van der Waals surface area (Å²) < 4.78 is 6.09. The molecule has 1 aliphatic carbocycles. The molecule has 2 unspecified atom stereocenters. The van der Waals surface area contributed by atoms with E-state index in [-0.39, 0.29) is 5.60 Å². The standard InChI is InChI=1S/C17H27N3O/c1-4-18-16(15-10-12(2)19-20-13(15)3)14-6-9-21-17(11-14)7-5-8-17/h10,14,16,18H,4-9,11H2,1-3H3. The molecule has 2 fully saturated rings. The number of aromatic nitrogens is 2. The number of nitrogens with zero attached hydrogens (tertiary/aromatic N) is 2. The lowest BCUT2D eigenvalue weighted by molar-refractivity contribution is -0.147. The van der Waals surface area contributed by atoms with Crippen LogP contribution in [-0.4, -0.2) is 29.0 Å². The molecule has 1 aliphatic heterocycles. The van der Waals surface area contributed by atoms with Gasteiger partial charge in [-0.2, -0.15) is 10.2 Å². The van der Waals surface area contributed by atoms with Gasteiger partial charge >= 0.3 is 0 Å². The Kier molecular flexibility index (Phi) is 4.27. The van der Waals surface area contributed by atoms with Crippen molar-refractivity contribution in [1.29, 1.82) is 0 Å². The first kappa shape index (κ1) is 14.9. The number of aryl methyl sites for hydroxylation is 2. The first-order valence-electron chi connectivity index (χ1n) is 8.32. The Labute approximate surface area is 127 Å². The Bertz CT molecular complexity index is 499. The zero-order valence-electron chi connectivity index (χ0n) is 13.5. The average molecular weight is 289 g/mol. The molecule has 4 heteroatoms. The van der Waals surface area contributed by atoms with Crippen molar-refractivity contribution in [2.75, 3.05) is 13.2 Å². The topological polar surface area (TPSA) is 47.0 Å². The number of hydrogen-bond donors (Lipinski definition) is 1. The van der Waals surface area contributed by atoms with Gasteiger partial charge in [0.15, 0.2) is 0 Å². The third kappa shape index (κ3) is 2.97. The van der Waals surface area contributed by atoms with Crippen LogP contribution in [0.5, 0.6) is 0 Å². The monoisotopic (exact) mass is 289 g/mol. The van der Waals surface area contributed by atoms with Crippen molar-refractivity contribution in [3.8, 4) is 0 Å². The van der Waals surface area contributed by atoms with E-state index in [2.05, 4.69) is 35.4 Å². The van der Waals surface area contributed by atoms with Crippen molar-refractivity contribution >= 4 is 0 Å². The highest BCUT2D eigenvalue weighted by atomic mass is 16.5. The molecule has 0 amide bonds. The third-order valence-corrected chi connectivity index (χ3v) is 5.17. The van der Waals surface area contributed by atoms with Crippen LogP contribution in [0.3, 0.4) is 0 Å². The van der Waals surface area contributed by atoms with Gasteiger partial charge in [-0.1, -0.05) is 6.92 Å². The Morgan fingerprint density at radius 2 is 2.19 bits per heavy atom. The van der Waals surface area contributed by atoms with Crippen LogP contribution in [0.15, 0.2) is 6.07 Å². The van der Waals surface area contributed by atoms with Gasteiger partial charge in [0.25, 0.3) is 0 Å². The summed E-state index contributed by atoms with van der Waals surface area (Å²) in [6, 6.07) is 2.59. The van der Waals surface area contributed by atoms with Crippen molar-refractivity contribution in [2.45, 2.75) is 64.5 Å². The number of hydrogen-bond acceptors (Lipinski definition) is 4. The second-order valence-electron chi connectivity index (χ2n) is 6.70. The summed E-state index contributed by atoms with van der Waals surface area (Å²) in [6.45, 7) is 8.17. The van der Waals surface area contributed by atoms with Crippen LogP contribution in [0.25, 0.3) is 0 Å². The van der Waals surface area contributed by atoms with E-state index in [4.69, 9.17) is 4.74 Å². The Morgan fingerprint density at radius 1 is 1.38 bits per heavy atom. The fraction of sp³-hybridized carbons (Fsp3) is 0.765. The quantitative estimate of drug-likeness (QED) is 0.925. The van der Waals surface area contributed by atoms with E-state index in [1.807, 2.05) is 6.92 Å². The molecule has 1 N–H and O–H groups in total. The molecule has 1 aromatic rings. The molecule has 2 heterocycles. The molecule has 0 aromatic carbocycles. The Hall–Kier alpha value is -1.00. The van der Waals surface area contributed by atoms with E-state index >= 15 is 0 Å². The van der Waals surface area contributed by atoms with E-state index in [9.17, 15) is 0 Å². The molecule has 0 radical (unpaired) electrons. The second kappa shape index (κ2) is 6.01. The Morgan fingerprint density at radius 3 is 2.86 bits per heavy atom. The zero-order chi connectivity index (χ0) is 14.9. The molecular formula is C17H27N3O. The third-order valence-electron chi connectivity index (χ3n) is 5.17. The normalized spacial score (nSPS) is 25.6. The highest BCUT2D eigenvalue weighted by Gasteiger charge is 2.44. The summed E-state index contributed by atoms with van der Waals surface area (Å²) in [6.07, 6.45) is 6.14. The molecule has 0 bridgehead atoms. The predicted octanol–water partition coefficient (Wildman–Crippen LogP) is 3.09. The van der Waals surface area contributed by atoms with Crippen LogP contribution in [-0.2, 0) is 4.74 Å². The van der Waals surface area contributed by atoms with E-state index in [1.54, 1.807) is 0 Å². The lowest BCUT2D eigenvalue weighted by Gasteiger charge is -2.49. The number of ether oxygens (including phenoxy) is 1. The SMILES string of the molecule is CCNC(c1cc(C)nnc1C)C1CCOC2(CCC2)C1. The lowest BCUT2D eigenvalue weighted by atomic mass is 9.69. The molecule has 3 rings (SSSR count). The van der Waals surface area contributed by atoms with E-state index < -0.39 is 0 Å². The highest BCUT2D eigenvalue weighted by Crippen LogP contribution is 2.47. The van der Waals surface area contributed by atoms with Gasteiger partial charge in [0.05, 0.1) is 17.0 Å². The molecule has 1 spiro atoms. The fourth-order valence-corrected chi connectivity index (χ4v) is 3.90. The molecular weight excluding hydrogens is 262 g/mol. The van der Waals surface area contributed by atoms with Crippen molar-refractivity contribution in [3.05, 3.63) is 23.0 Å². The van der Waals surface area contributed by atoms with E-state index in [0.29, 0.717) is 12.0 Å². The van der Waals surface area contributed by atoms with Gasteiger partial charge in [0.1, 0.15) is 0 Å². The van der Waals surface area contributed by atoms with Gasteiger partial charge < -0.3 is 10.1 Å². The highest BCUT2D eigenvalue weighted by molar-refractivity contribution is 5.25. The molecule has 2 atom stereocenters. The second-order valence-corrected chi connectivity index (χ2v) is 6.70. The van der Waals surface area contributed by atoms with Crippen molar-refractivity contribution in [1.82, 2.24) is 15.5 Å². The number of rotatable bonds is 4. The maximum Gasteiger partial charge on any atom is 0.0686 e. The summed E-state index contributed by atoms with van der Waals surface area (Å²) in [4.78, 5) is 0. The van der Waals surface area contributed by atoms with Crippen LogP contribution >= 0.6 is 0 Å². The summed E-state index contributed by atoms with van der Waals surface area (Å²) in [5, 5.41) is 12.2. The average Bonchev–Trinajstić information content (AvgIpc) is 2.46. The fourth-order valence-electron chi connectivity index (χ4n) is 3.90. The van der Waals surface area contributed by atoms with Crippen molar-refractivity contribution in [2.24, 2.45) is 5.92 Å². The summed E-state index contributed by atoms with van der Waals surface area (Å²) in [5.74, 6) is 0.640. The van der Waals surface area contributed by atoms with Crippen LogP contribution in [0.1, 0.15) is 62.0 Å². The predicted molar refractivity (Wildman–Crippen MR) is 83.2 cm³/mol. The minimum absolute atomic E-state index is 0.194. The van der Waals surface area contributed by atoms with Crippen molar-refractivity contribution < 1.29 is 4.74 Å². The zero-order valence-corrected chi connectivity index (χ0v) is 13.5. The summed E-state index contributed by atoms with van der Waals surface area (Å²) >= 11 is 0. The van der Waals surface area contributed by atoms with Crippen LogP contribution < -0.4 is 5.32 Å². The molecule has 4 nitrogen and oxygen atoms in total. The summed E-state index contributed by atoms with van der Waals surface area (Å²) in [7, 11) is 0. The molecule has 1 aromatic heterocycles. The number of nitrogens with one attached hydrogen (secondary N) is 1. The van der Waals surface area contributed by atoms with Gasteiger partial charge in [0, 0.05) is 12.6 Å². The molecule has 2 aliphatic rings. The molecule has 1 saturated carbocycles. The van der Waals surface area contributed by atoms with Crippen molar-refractivity contribution in [3.63, 3.8) is 0 Å². The molecule has 1 saturated heterocycles. The maximum atomic E-state index is 6.09. The van der Waals surface area contributed by atoms with Gasteiger partial charge in [-0.3, -0.25) is 0 Å². The summed E-state index contributed by atoms with van der Waals surface area (Å²) in [5.41, 5.74) is 3.58. The van der Waals surface area contributed by atoms with Crippen LogP contribution in [0.2, 0.25) is 0 Å². The minimum atomic E-state index is 0.194. The maximum absolute atomic E-state index is 6.09. The lowest BCUT2D eigenvalue weighted by Crippen LogP contribution is -2.48. The smallest absolute Gasteiger partial charge is 0.0686 e. The van der Waals surface area contributed by atoms with Gasteiger partial charge in [-0.25, -0.2) is 0 Å². The molecule has 21 heavy (non-hydrogen) atoms. The van der Waals surface area contributed by atoms with E-state index in [0.717, 1.165) is 31.0 Å². The van der Waals surface area contributed by atoms with Gasteiger partial charge in [-0.05, 0) is 70.0 Å². The largest absolute Gasteiger partial charge is 0.375 e. The minimum Gasteiger partial charge on any atom is -0.375 e. The van der Waals surface area contributed by atoms with Gasteiger partial charge in [-0.15, -0.1) is 0 Å². The Balaban J connectivity index is 1.84. The van der Waals surface area contributed by atoms with Crippen LogP contribution in [0, 0.1) is 19.8 Å². The molecule has 116 valence electrons.